The average Bonchev–Trinajstić information content (AvgIpc) is 3.55. The number of ether oxygens (including phenoxy) is 1. The smallest absolute Gasteiger partial charge is 0.350 e. The number of esters is 1. The highest BCUT2D eigenvalue weighted by molar-refractivity contribution is 7.17. The quantitative estimate of drug-likeness (QED) is 0.312. The number of benzene rings is 1. The molecule has 0 radical (unpaired) electrons. The lowest BCUT2D eigenvalue weighted by Crippen LogP contribution is -2.43. The summed E-state index contributed by atoms with van der Waals surface area (Å²) in [6.07, 6.45) is 3.03. The van der Waals surface area contributed by atoms with Crippen molar-refractivity contribution in [2.45, 2.75) is 32.3 Å². The maximum Gasteiger partial charge on any atom is 0.350 e. The lowest BCUT2D eigenvalue weighted by atomic mass is 9.84. The van der Waals surface area contributed by atoms with Crippen molar-refractivity contribution in [2.75, 3.05) is 29.9 Å². The standard InChI is InChI=1S/C26H28N6O3S/c1-3-35-23(33)22-17(2)28-25(36-22)31-24-29-20(19-10-7-13-27-19)16-21(30-24)32-14-11-26(34,12-15-32)18-8-5-4-6-9-18/h4-10,13,16,27,34H,3,11-12,14-15H2,1-2H3,(H,28,29,30,31). The van der Waals surface area contributed by atoms with E-state index in [1.807, 2.05) is 54.7 Å². The predicted octanol–water partition coefficient (Wildman–Crippen LogP) is 4.64. The molecule has 3 aromatic heterocycles. The minimum absolute atomic E-state index is 0.304. The number of hydrogen-bond donors (Lipinski definition) is 3. The molecule has 1 fully saturated rings. The summed E-state index contributed by atoms with van der Waals surface area (Å²) in [5, 5.41) is 14.9. The van der Waals surface area contributed by atoms with E-state index in [9.17, 15) is 9.90 Å². The van der Waals surface area contributed by atoms with Gasteiger partial charge in [0.05, 0.1) is 29.3 Å². The lowest BCUT2D eigenvalue weighted by Gasteiger charge is -2.39. The molecule has 1 aliphatic rings. The third-order valence-corrected chi connectivity index (χ3v) is 7.34. The van der Waals surface area contributed by atoms with Crippen LogP contribution in [0.3, 0.4) is 0 Å². The fourth-order valence-electron chi connectivity index (χ4n) is 4.35. The van der Waals surface area contributed by atoms with E-state index in [0.29, 0.717) is 54.2 Å². The van der Waals surface area contributed by atoms with Crippen LogP contribution in [0.5, 0.6) is 0 Å². The van der Waals surface area contributed by atoms with Crippen molar-refractivity contribution >= 4 is 34.2 Å². The number of carbonyl (C=O) groups is 1. The molecule has 10 heteroatoms. The van der Waals surface area contributed by atoms with Crippen molar-refractivity contribution in [3.05, 3.63) is 70.9 Å². The van der Waals surface area contributed by atoms with Crippen molar-refractivity contribution < 1.29 is 14.6 Å². The molecule has 5 rings (SSSR count). The van der Waals surface area contributed by atoms with Crippen LogP contribution in [0.25, 0.3) is 11.4 Å². The van der Waals surface area contributed by atoms with Gasteiger partial charge in [-0.25, -0.2) is 14.8 Å². The molecule has 9 nitrogen and oxygen atoms in total. The Bertz CT molecular complexity index is 1330. The van der Waals surface area contributed by atoms with E-state index in [-0.39, 0.29) is 5.97 Å². The van der Waals surface area contributed by atoms with Crippen LogP contribution in [0.2, 0.25) is 0 Å². The van der Waals surface area contributed by atoms with Crippen molar-refractivity contribution in [2.24, 2.45) is 0 Å². The van der Waals surface area contributed by atoms with E-state index in [2.05, 4.69) is 25.2 Å². The number of piperidine rings is 1. The second-order valence-electron chi connectivity index (χ2n) is 8.68. The Kier molecular flexibility index (Phi) is 6.71. The van der Waals surface area contributed by atoms with E-state index in [1.54, 1.807) is 13.8 Å². The lowest BCUT2D eigenvalue weighted by molar-refractivity contribution is 0.0116. The normalized spacial score (nSPS) is 15.0. The number of hydrogen-bond acceptors (Lipinski definition) is 9. The van der Waals surface area contributed by atoms with E-state index in [4.69, 9.17) is 9.72 Å². The number of H-pyrrole nitrogens is 1. The van der Waals surface area contributed by atoms with Gasteiger partial charge < -0.3 is 19.7 Å². The van der Waals surface area contributed by atoms with Gasteiger partial charge >= 0.3 is 5.97 Å². The molecule has 0 spiro atoms. The maximum atomic E-state index is 12.2. The summed E-state index contributed by atoms with van der Waals surface area (Å²) in [6, 6.07) is 15.6. The van der Waals surface area contributed by atoms with Gasteiger partial charge in [0.2, 0.25) is 5.95 Å². The summed E-state index contributed by atoms with van der Waals surface area (Å²) >= 11 is 1.21. The largest absolute Gasteiger partial charge is 0.462 e. The number of carbonyl (C=O) groups excluding carboxylic acids is 1. The molecule has 4 aromatic rings. The summed E-state index contributed by atoms with van der Waals surface area (Å²) in [5.41, 5.74) is 2.28. The minimum atomic E-state index is -0.851. The molecule has 0 aliphatic carbocycles. The van der Waals surface area contributed by atoms with Gasteiger partial charge in [-0.15, -0.1) is 0 Å². The summed E-state index contributed by atoms with van der Waals surface area (Å²) in [4.78, 5) is 31.9. The van der Waals surface area contributed by atoms with Crippen LogP contribution in [0.15, 0.2) is 54.7 Å². The third-order valence-electron chi connectivity index (χ3n) is 6.29. The molecule has 3 N–H and O–H groups in total. The number of nitrogens with one attached hydrogen (secondary N) is 2. The van der Waals surface area contributed by atoms with Gasteiger partial charge in [0.25, 0.3) is 0 Å². The van der Waals surface area contributed by atoms with Crippen molar-refractivity contribution in [1.82, 2.24) is 19.9 Å². The van der Waals surface area contributed by atoms with E-state index >= 15 is 0 Å². The highest BCUT2D eigenvalue weighted by Gasteiger charge is 2.34. The zero-order chi connectivity index (χ0) is 25.1. The molecule has 1 aromatic carbocycles. The Balaban J connectivity index is 1.41. The molecular weight excluding hydrogens is 476 g/mol. The number of thiazole rings is 1. The van der Waals surface area contributed by atoms with Crippen LogP contribution < -0.4 is 10.2 Å². The maximum absolute atomic E-state index is 12.2. The van der Waals surface area contributed by atoms with Gasteiger partial charge in [-0.2, -0.15) is 4.98 Å². The zero-order valence-corrected chi connectivity index (χ0v) is 21.0. The minimum Gasteiger partial charge on any atom is -0.462 e. The van der Waals surface area contributed by atoms with E-state index in [0.717, 1.165) is 22.8 Å². The first kappa shape index (κ1) is 24.0. The first-order valence-electron chi connectivity index (χ1n) is 11.9. The van der Waals surface area contributed by atoms with Crippen molar-refractivity contribution in [3.8, 4) is 11.4 Å². The van der Waals surface area contributed by atoms with Crippen LogP contribution in [0.1, 0.15) is 40.7 Å². The fraction of sp³-hybridized carbons (Fsp3) is 0.308. The highest BCUT2D eigenvalue weighted by atomic mass is 32.1. The summed E-state index contributed by atoms with van der Waals surface area (Å²) in [7, 11) is 0. The zero-order valence-electron chi connectivity index (χ0n) is 20.2. The topological polar surface area (TPSA) is 116 Å². The van der Waals surface area contributed by atoms with E-state index < -0.39 is 5.60 Å². The number of aromatic nitrogens is 4. The second kappa shape index (κ2) is 10.1. The number of nitrogens with zero attached hydrogens (tertiary/aromatic N) is 4. The Hall–Kier alpha value is -3.76. The molecule has 0 unspecified atom stereocenters. The molecule has 1 aliphatic heterocycles. The first-order chi connectivity index (χ1) is 17.4. The molecule has 1 saturated heterocycles. The highest BCUT2D eigenvalue weighted by Crippen LogP contribution is 2.35. The van der Waals surface area contributed by atoms with Gasteiger partial charge in [0.15, 0.2) is 5.13 Å². The molecule has 0 bridgehead atoms. The van der Waals surface area contributed by atoms with Crippen LogP contribution in [-0.4, -0.2) is 50.7 Å². The number of aryl methyl sites for hydroxylation is 1. The molecule has 186 valence electrons. The monoisotopic (exact) mass is 504 g/mol. The Labute approximate surface area is 213 Å². The summed E-state index contributed by atoms with van der Waals surface area (Å²) in [5.74, 6) is 0.748. The average molecular weight is 505 g/mol. The van der Waals surface area contributed by atoms with Crippen molar-refractivity contribution in [1.29, 1.82) is 0 Å². The summed E-state index contributed by atoms with van der Waals surface area (Å²) in [6.45, 7) is 5.15. The van der Waals surface area contributed by atoms with Gasteiger partial charge in [0, 0.05) is 25.4 Å². The Morgan fingerprint density at radius 3 is 2.64 bits per heavy atom. The Morgan fingerprint density at radius 1 is 1.17 bits per heavy atom. The number of aromatic amines is 1. The molecule has 0 amide bonds. The number of anilines is 3. The fourth-order valence-corrected chi connectivity index (χ4v) is 5.21. The third kappa shape index (κ3) is 4.95. The van der Waals surface area contributed by atoms with Crippen LogP contribution >= 0.6 is 11.3 Å². The van der Waals surface area contributed by atoms with Gasteiger partial charge in [-0.3, -0.25) is 5.32 Å². The van der Waals surface area contributed by atoms with Gasteiger partial charge in [-0.05, 0) is 44.4 Å². The van der Waals surface area contributed by atoms with Crippen molar-refractivity contribution in [3.63, 3.8) is 0 Å². The van der Waals surface area contributed by atoms with Gasteiger partial charge in [-0.1, -0.05) is 41.7 Å². The van der Waals surface area contributed by atoms with Crippen LogP contribution in [0, 0.1) is 6.92 Å². The van der Waals surface area contributed by atoms with Gasteiger partial charge in [0.1, 0.15) is 10.7 Å². The number of rotatable bonds is 7. The molecule has 36 heavy (non-hydrogen) atoms. The summed E-state index contributed by atoms with van der Waals surface area (Å²) < 4.78 is 5.13. The second-order valence-corrected chi connectivity index (χ2v) is 9.68. The van der Waals surface area contributed by atoms with Crippen LogP contribution in [-0.2, 0) is 10.3 Å². The number of aliphatic hydroxyl groups is 1. The predicted molar refractivity (Wildman–Crippen MR) is 140 cm³/mol. The van der Waals surface area contributed by atoms with E-state index in [1.165, 1.54) is 11.3 Å². The first-order valence-corrected chi connectivity index (χ1v) is 12.7. The SMILES string of the molecule is CCOC(=O)c1sc(Nc2nc(-c3ccc[nH]3)cc(N3CCC(O)(c4ccccc4)CC3)n2)nc1C. The van der Waals surface area contributed by atoms with Crippen LogP contribution in [0.4, 0.5) is 16.9 Å². The molecule has 0 atom stereocenters. The molecular formula is C26H28N6O3S. The molecule has 0 saturated carbocycles. The molecule has 4 heterocycles. The Morgan fingerprint density at radius 2 is 1.94 bits per heavy atom.